The molecule has 1 aliphatic rings. The van der Waals surface area contributed by atoms with Crippen LogP contribution < -0.4 is 10.6 Å². The zero-order chi connectivity index (χ0) is 11.4. The summed E-state index contributed by atoms with van der Waals surface area (Å²) < 4.78 is 0. The Morgan fingerprint density at radius 2 is 1.73 bits per heavy atom. The van der Waals surface area contributed by atoms with E-state index in [0.29, 0.717) is 0 Å². The molecule has 7 heteroatoms. The Hall–Kier alpha value is -1.63. The third kappa shape index (κ3) is 2.91. The van der Waals surface area contributed by atoms with E-state index in [-0.39, 0.29) is 12.8 Å². The average molecular weight is 216 g/mol. The van der Waals surface area contributed by atoms with Crippen LogP contribution >= 0.6 is 0 Å². The van der Waals surface area contributed by atoms with E-state index < -0.39 is 36.5 Å². The van der Waals surface area contributed by atoms with Crippen molar-refractivity contribution < 1.29 is 24.6 Å². The van der Waals surface area contributed by atoms with Crippen molar-refractivity contribution in [2.45, 2.75) is 24.9 Å². The lowest BCUT2D eigenvalue weighted by molar-refractivity contribution is -0.140. The average Bonchev–Trinajstić information content (AvgIpc) is 2.18. The van der Waals surface area contributed by atoms with E-state index in [2.05, 4.69) is 10.6 Å². The SMILES string of the molecule is O=C(O)CC[C@@H]1NC(=O)[C@H](CO)NC1=O. The van der Waals surface area contributed by atoms with Gasteiger partial charge in [0, 0.05) is 6.42 Å². The van der Waals surface area contributed by atoms with Gasteiger partial charge in [-0.25, -0.2) is 0 Å². The molecule has 1 saturated heterocycles. The highest BCUT2D eigenvalue weighted by Gasteiger charge is 2.32. The van der Waals surface area contributed by atoms with E-state index in [1.807, 2.05) is 0 Å². The molecule has 0 radical (unpaired) electrons. The predicted octanol–water partition coefficient (Wildman–Crippen LogP) is -2.17. The minimum absolute atomic E-state index is 0.0467. The summed E-state index contributed by atoms with van der Waals surface area (Å²) in [7, 11) is 0. The van der Waals surface area contributed by atoms with Gasteiger partial charge in [-0.1, -0.05) is 0 Å². The summed E-state index contributed by atoms with van der Waals surface area (Å²) in [5.74, 6) is -1.98. The van der Waals surface area contributed by atoms with Crippen LogP contribution in [-0.4, -0.2) is 46.7 Å². The molecule has 0 bridgehead atoms. The van der Waals surface area contributed by atoms with Crippen LogP contribution in [0.4, 0.5) is 0 Å². The second kappa shape index (κ2) is 4.74. The van der Waals surface area contributed by atoms with Gasteiger partial charge in [-0.05, 0) is 6.42 Å². The van der Waals surface area contributed by atoms with Gasteiger partial charge in [0.15, 0.2) is 0 Å². The predicted molar refractivity (Wildman–Crippen MR) is 47.8 cm³/mol. The number of hydrogen-bond acceptors (Lipinski definition) is 4. The lowest BCUT2D eigenvalue weighted by atomic mass is 10.1. The van der Waals surface area contributed by atoms with Gasteiger partial charge in [0.05, 0.1) is 6.61 Å². The van der Waals surface area contributed by atoms with E-state index in [1.54, 1.807) is 0 Å². The zero-order valence-corrected chi connectivity index (χ0v) is 7.90. The molecular formula is C8H12N2O5. The minimum atomic E-state index is -1.03. The van der Waals surface area contributed by atoms with Crippen LogP contribution in [-0.2, 0) is 14.4 Å². The van der Waals surface area contributed by atoms with Gasteiger partial charge in [-0.15, -0.1) is 0 Å². The molecule has 0 aromatic heterocycles. The summed E-state index contributed by atoms with van der Waals surface area (Å²) in [5.41, 5.74) is 0. The second-order valence-corrected chi connectivity index (χ2v) is 3.24. The molecule has 1 fully saturated rings. The number of rotatable bonds is 4. The molecule has 1 aliphatic heterocycles. The van der Waals surface area contributed by atoms with E-state index in [9.17, 15) is 14.4 Å². The van der Waals surface area contributed by atoms with Crippen LogP contribution in [0, 0.1) is 0 Å². The lowest BCUT2D eigenvalue weighted by Gasteiger charge is -2.28. The number of aliphatic carboxylic acids is 1. The summed E-state index contributed by atoms with van der Waals surface area (Å²) in [6.07, 6.45) is -0.146. The second-order valence-electron chi connectivity index (χ2n) is 3.24. The Morgan fingerprint density at radius 3 is 2.27 bits per heavy atom. The number of carboxylic acids is 1. The Morgan fingerprint density at radius 1 is 1.20 bits per heavy atom. The van der Waals surface area contributed by atoms with E-state index in [1.165, 1.54) is 0 Å². The number of carbonyl (C=O) groups excluding carboxylic acids is 2. The van der Waals surface area contributed by atoms with E-state index in [0.717, 1.165) is 0 Å². The maximum absolute atomic E-state index is 11.3. The van der Waals surface area contributed by atoms with Crippen molar-refractivity contribution in [1.29, 1.82) is 0 Å². The molecule has 1 rings (SSSR count). The van der Waals surface area contributed by atoms with Crippen molar-refractivity contribution >= 4 is 17.8 Å². The van der Waals surface area contributed by atoms with Gasteiger partial charge in [-0.3, -0.25) is 14.4 Å². The monoisotopic (exact) mass is 216 g/mol. The van der Waals surface area contributed by atoms with E-state index >= 15 is 0 Å². The Balaban J connectivity index is 2.51. The molecule has 0 aromatic rings. The molecule has 0 unspecified atom stereocenters. The summed E-state index contributed by atoms with van der Waals surface area (Å²) in [6.45, 7) is -0.469. The number of carboxylic acid groups (broad SMARTS) is 1. The largest absolute Gasteiger partial charge is 0.481 e. The molecular weight excluding hydrogens is 204 g/mol. The summed E-state index contributed by atoms with van der Waals surface area (Å²) in [5, 5.41) is 21.8. The molecule has 0 spiro atoms. The Labute approximate surface area is 85.5 Å². The third-order valence-electron chi connectivity index (χ3n) is 2.10. The highest BCUT2D eigenvalue weighted by atomic mass is 16.4. The topological polar surface area (TPSA) is 116 Å². The summed E-state index contributed by atoms with van der Waals surface area (Å²) >= 11 is 0. The zero-order valence-electron chi connectivity index (χ0n) is 7.90. The molecule has 0 aromatic carbocycles. The molecule has 2 atom stereocenters. The molecule has 0 saturated carbocycles. The highest BCUT2D eigenvalue weighted by Crippen LogP contribution is 2.03. The van der Waals surface area contributed by atoms with Crippen LogP contribution in [0.3, 0.4) is 0 Å². The fourth-order valence-electron chi connectivity index (χ4n) is 1.28. The number of piperazine rings is 1. The lowest BCUT2D eigenvalue weighted by Crippen LogP contribution is -2.62. The van der Waals surface area contributed by atoms with Crippen molar-refractivity contribution in [2.24, 2.45) is 0 Å². The van der Waals surface area contributed by atoms with Crippen molar-refractivity contribution in [3.8, 4) is 0 Å². The first-order chi connectivity index (χ1) is 7.04. The first-order valence-corrected chi connectivity index (χ1v) is 4.48. The molecule has 0 aliphatic carbocycles. The number of aliphatic hydroxyl groups excluding tert-OH is 1. The quantitative estimate of drug-likeness (QED) is 0.426. The number of hydrogen-bond donors (Lipinski definition) is 4. The maximum Gasteiger partial charge on any atom is 0.303 e. The van der Waals surface area contributed by atoms with Crippen LogP contribution in [0.5, 0.6) is 0 Å². The molecule has 4 N–H and O–H groups in total. The number of amides is 2. The van der Waals surface area contributed by atoms with Gasteiger partial charge in [0.25, 0.3) is 0 Å². The van der Waals surface area contributed by atoms with Gasteiger partial charge in [0.2, 0.25) is 11.8 Å². The minimum Gasteiger partial charge on any atom is -0.481 e. The Bertz CT molecular complexity index is 291. The van der Waals surface area contributed by atoms with Crippen molar-refractivity contribution in [1.82, 2.24) is 10.6 Å². The molecule has 1 heterocycles. The molecule has 2 amide bonds. The Kier molecular flexibility index (Phi) is 3.62. The van der Waals surface area contributed by atoms with Crippen LogP contribution in [0.15, 0.2) is 0 Å². The van der Waals surface area contributed by atoms with Crippen LogP contribution in [0.2, 0.25) is 0 Å². The van der Waals surface area contributed by atoms with Crippen molar-refractivity contribution in [2.75, 3.05) is 6.61 Å². The van der Waals surface area contributed by atoms with E-state index in [4.69, 9.17) is 10.2 Å². The van der Waals surface area contributed by atoms with Crippen LogP contribution in [0.1, 0.15) is 12.8 Å². The number of carbonyl (C=O) groups is 3. The normalized spacial score (nSPS) is 25.7. The molecule has 84 valence electrons. The fraction of sp³-hybridized carbons (Fsp3) is 0.625. The smallest absolute Gasteiger partial charge is 0.303 e. The van der Waals surface area contributed by atoms with Crippen molar-refractivity contribution in [3.05, 3.63) is 0 Å². The van der Waals surface area contributed by atoms with Gasteiger partial charge < -0.3 is 20.8 Å². The first kappa shape index (κ1) is 11.4. The van der Waals surface area contributed by atoms with Gasteiger partial charge in [-0.2, -0.15) is 0 Å². The summed E-state index contributed by atoms with van der Waals surface area (Å²) in [6, 6.07) is -1.75. The number of aliphatic hydroxyl groups is 1. The highest BCUT2D eigenvalue weighted by molar-refractivity contribution is 5.97. The standard InChI is InChI=1S/C8H12N2O5/c11-3-5-8(15)9-4(7(14)10-5)1-2-6(12)13/h4-5,11H,1-3H2,(H,9,15)(H,10,14)(H,12,13)/t4-,5-/m0/s1. The molecule has 7 nitrogen and oxygen atoms in total. The van der Waals surface area contributed by atoms with Gasteiger partial charge >= 0.3 is 5.97 Å². The third-order valence-corrected chi connectivity index (χ3v) is 2.10. The van der Waals surface area contributed by atoms with Gasteiger partial charge in [0.1, 0.15) is 12.1 Å². The maximum atomic E-state index is 11.3. The molecule has 15 heavy (non-hydrogen) atoms. The van der Waals surface area contributed by atoms with Crippen LogP contribution in [0.25, 0.3) is 0 Å². The van der Waals surface area contributed by atoms with Crippen molar-refractivity contribution in [3.63, 3.8) is 0 Å². The summed E-state index contributed by atoms with van der Waals surface area (Å²) in [4.78, 5) is 32.8. The first-order valence-electron chi connectivity index (χ1n) is 4.48. The number of nitrogens with one attached hydrogen (secondary N) is 2. The fourth-order valence-corrected chi connectivity index (χ4v) is 1.28.